The van der Waals surface area contributed by atoms with Crippen LogP contribution in [0.5, 0.6) is 0 Å². The molecule has 1 aliphatic carbocycles. The molecule has 0 amide bonds. The second-order valence-electron chi connectivity index (χ2n) is 8.25. The van der Waals surface area contributed by atoms with Gasteiger partial charge in [-0.3, -0.25) is 0 Å². The molecule has 2 aliphatic rings. The van der Waals surface area contributed by atoms with Crippen molar-refractivity contribution in [1.82, 2.24) is 4.98 Å². The second kappa shape index (κ2) is 9.17. The fourth-order valence-corrected chi connectivity index (χ4v) is 9.06. The van der Waals surface area contributed by atoms with Gasteiger partial charge < -0.3 is 10.1 Å². The summed E-state index contributed by atoms with van der Waals surface area (Å²) >= 11 is 0.923. The number of aryl methyl sites for hydroxylation is 1. The molecule has 1 aliphatic heterocycles. The number of sulfone groups is 2. The van der Waals surface area contributed by atoms with E-state index in [4.69, 9.17) is 4.74 Å². The third-order valence-electron chi connectivity index (χ3n) is 5.91. The van der Waals surface area contributed by atoms with Crippen molar-refractivity contribution >= 4 is 36.0 Å². The molecule has 2 aromatic rings. The molecule has 4 rings (SSSR count). The molecule has 10 heteroatoms. The number of rotatable bonds is 7. The molecule has 2 heterocycles. The van der Waals surface area contributed by atoms with E-state index in [2.05, 4.69) is 10.3 Å². The van der Waals surface area contributed by atoms with Crippen LogP contribution in [0.3, 0.4) is 0 Å². The highest BCUT2D eigenvalue weighted by molar-refractivity contribution is 7.94. The zero-order valence-electron chi connectivity index (χ0n) is 17.5. The number of nitrogens with zero attached hydrogens (tertiary/aromatic N) is 1. The van der Waals surface area contributed by atoms with E-state index in [0.717, 1.165) is 49.0 Å². The fourth-order valence-electron chi connectivity index (χ4n) is 4.06. The van der Waals surface area contributed by atoms with Crippen molar-refractivity contribution < 1.29 is 21.6 Å². The van der Waals surface area contributed by atoms with E-state index in [1.54, 1.807) is 12.1 Å². The Morgan fingerprint density at radius 3 is 2.39 bits per heavy atom. The maximum atomic E-state index is 13.4. The number of anilines is 1. The number of hydrogen-bond donors (Lipinski definition) is 1. The zero-order valence-corrected chi connectivity index (χ0v) is 20.0. The van der Waals surface area contributed by atoms with Crippen LogP contribution in [-0.2, 0) is 24.4 Å². The Kier molecular flexibility index (Phi) is 6.71. The second-order valence-corrected chi connectivity index (χ2v) is 13.5. The van der Waals surface area contributed by atoms with Gasteiger partial charge in [0, 0.05) is 13.2 Å². The Bertz CT molecular complexity index is 1110. The quantitative estimate of drug-likeness (QED) is 0.634. The summed E-state index contributed by atoms with van der Waals surface area (Å²) in [6.07, 6.45) is 5.80. The molecule has 0 radical (unpaired) electrons. The lowest BCUT2D eigenvalue weighted by Gasteiger charge is -2.20. The monoisotopic (exact) mass is 484 g/mol. The predicted molar refractivity (Wildman–Crippen MR) is 120 cm³/mol. The summed E-state index contributed by atoms with van der Waals surface area (Å²) in [5.41, 5.74) is 0.939. The van der Waals surface area contributed by atoms with Gasteiger partial charge in [0.05, 0.1) is 16.2 Å². The van der Waals surface area contributed by atoms with Crippen LogP contribution >= 0.6 is 11.3 Å². The molecule has 0 bridgehead atoms. The summed E-state index contributed by atoms with van der Waals surface area (Å²) in [5.74, 6) is 0. The van der Waals surface area contributed by atoms with Crippen LogP contribution < -0.4 is 5.32 Å². The summed E-state index contributed by atoms with van der Waals surface area (Å²) in [5, 5.41) is 2.69. The minimum Gasteiger partial charge on any atom is -0.376 e. The Hall–Kier alpha value is -1.49. The molecule has 0 unspecified atom stereocenters. The van der Waals surface area contributed by atoms with E-state index < -0.39 is 24.9 Å². The number of hydrogen-bond acceptors (Lipinski definition) is 8. The summed E-state index contributed by atoms with van der Waals surface area (Å²) in [4.78, 5) is 4.31. The summed E-state index contributed by atoms with van der Waals surface area (Å²) in [6.45, 7) is 2.98. The number of aromatic nitrogens is 1. The Morgan fingerprint density at radius 2 is 1.74 bits per heavy atom. The van der Waals surface area contributed by atoms with Crippen molar-refractivity contribution in [2.24, 2.45) is 0 Å². The van der Waals surface area contributed by atoms with Crippen LogP contribution in [0.2, 0.25) is 0 Å². The first-order valence-electron chi connectivity index (χ1n) is 10.7. The first-order chi connectivity index (χ1) is 14.8. The molecule has 1 aromatic heterocycles. The predicted octanol–water partition coefficient (Wildman–Crippen LogP) is 3.98. The smallest absolute Gasteiger partial charge is 0.226 e. The van der Waals surface area contributed by atoms with Crippen LogP contribution in [0.25, 0.3) is 0 Å². The Balaban J connectivity index is 1.71. The molecule has 0 spiro atoms. The van der Waals surface area contributed by atoms with Crippen molar-refractivity contribution in [2.75, 3.05) is 18.5 Å². The lowest BCUT2D eigenvalue weighted by Crippen LogP contribution is -2.24. The highest BCUT2D eigenvalue weighted by Crippen LogP contribution is 2.38. The molecular formula is C21H28N2O5S3. The third-order valence-corrected chi connectivity index (χ3v) is 11.4. The minimum absolute atomic E-state index is 0.0181. The third kappa shape index (κ3) is 4.81. The van der Waals surface area contributed by atoms with Crippen LogP contribution in [0.15, 0.2) is 38.5 Å². The molecule has 2 fully saturated rings. The van der Waals surface area contributed by atoms with Crippen LogP contribution in [0, 0.1) is 6.92 Å². The van der Waals surface area contributed by atoms with Gasteiger partial charge in [-0.1, -0.05) is 48.3 Å². The van der Waals surface area contributed by atoms with Crippen molar-refractivity contribution in [3.63, 3.8) is 0 Å². The molecule has 1 saturated heterocycles. The normalized spacial score (nSPS) is 20.7. The average Bonchev–Trinajstić information content (AvgIpc) is 3.44. The number of thiazole rings is 1. The van der Waals surface area contributed by atoms with Gasteiger partial charge in [-0.15, -0.1) is 0 Å². The molecule has 7 nitrogen and oxygen atoms in total. The van der Waals surface area contributed by atoms with Gasteiger partial charge in [0.15, 0.2) is 5.03 Å². The van der Waals surface area contributed by atoms with E-state index in [1.165, 1.54) is 12.1 Å². The first kappa shape index (κ1) is 22.7. The highest BCUT2D eigenvalue weighted by atomic mass is 32.2. The van der Waals surface area contributed by atoms with Gasteiger partial charge in [-0.2, -0.15) is 0 Å². The van der Waals surface area contributed by atoms with Gasteiger partial charge in [0.1, 0.15) is 5.00 Å². The van der Waals surface area contributed by atoms with Crippen molar-refractivity contribution in [1.29, 1.82) is 0 Å². The van der Waals surface area contributed by atoms with Crippen molar-refractivity contribution in [3.05, 3.63) is 29.8 Å². The van der Waals surface area contributed by atoms with Gasteiger partial charge in [-0.05, 0) is 44.7 Å². The van der Waals surface area contributed by atoms with Gasteiger partial charge in [0.25, 0.3) is 0 Å². The van der Waals surface area contributed by atoms with E-state index in [0.29, 0.717) is 26.0 Å². The molecular weight excluding hydrogens is 456 g/mol. The largest absolute Gasteiger partial charge is 0.376 e. The molecule has 1 atom stereocenters. The first-order valence-corrected chi connectivity index (χ1v) is 14.5. The fraction of sp³-hybridized carbons (Fsp3) is 0.571. The number of benzene rings is 1. The highest BCUT2D eigenvalue weighted by Gasteiger charge is 2.35. The van der Waals surface area contributed by atoms with Crippen molar-refractivity contribution in [3.8, 4) is 0 Å². The number of ether oxygens (including phenoxy) is 1. The summed E-state index contributed by atoms with van der Waals surface area (Å²) < 4.78 is 58.7. The van der Waals surface area contributed by atoms with Crippen molar-refractivity contribution in [2.45, 2.75) is 77.5 Å². The summed E-state index contributed by atoms with van der Waals surface area (Å²) in [7, 11) is -7.65. The molecule has 1 N–H and O–H groups in total. The Morgan fingerprint density at radius 1 is 1.03 bits per heavy atom. The topological polar surface area (TPSA) is 102 Å². The van der Waals surface area contributed by atoms with Gasteiger partial charge >= 0.3 is 0 Å². The average molecular weight is 485 g/mol. The molecule has 1 saturated carbocycles. The molecule has 170 valence electrons. The maximum Gasteiger partial charge on any atom is 0.226 e. The lowest BCUT2D eigenvalue weighted by atomic mass is 10.0. The Labute approximate surface area is 188 Å². The van der Waals surface area contributed by atoms with E-state index in [-0.39, 0.29) is 25.4 Å². The van der Waals surface area contributed by atoms with Crippen LogP contribution in [0.1, 0.15) is 50.5 Å². The van der Waals surface area contributed by atoms with E-state index >= 15 is 0 Å². The zero-order chi connectivity index (χ0) is 22.1. The van der Waals surface area contributed by atoms with E-state index in [9.17, 15) is 16.8 Å². The SMILES string of the molecule is Cc1ccc(S(=O)(=O)c2nc(S(=O)(=O)C3CCCCC3)sc2NC[C@H]2CCCO2)cc1. The standard InChI is InChI=1S/C21H28N2O5S3/c1-15-9-11-18(12-10-15)30(24,25)20-19(22-14-16-6-5-13-28-16)29-21(23-20)31(26,27)17-7-3-2-4-8-17/h9-12,16-17,22H,2-8,13-14H2,1H3/t16-/m1/s1. The van der Waals surface area contributed by atoms with Crippen LogP contribution in [-0.4, -0.2) is 46.3 Å². The van der Waals surface area contributed by atoms with Crippen LogP contribution in [0.4, 0.5) is 5.00 Å². The number of nitrogens with one attached hydrogen (secondary N) is 1. The summed E-state index contributed by atoms with van der Waals surface area (Å²) in [6, 6.07) is 6.50. The lowest BCUT2D eigenvalue weighted by molar-refractivity contribution is 0.120. The van der Waals surface area contributed by atoms with E-state index in [1.807, 2.05) is 6.92 Å². The van der Waals surface area contributed by atoms with Gasteiger partial charge in [-0.25, -0.2) is 21.8 Å². The minimum atomic E-state index is -3.97. The van der Waals surface area contributed by atoms with Gasteiger partial charge in [0.2, 0.25) is 24.0 Å². The maximum absolute atomic E-state index is 13.4. The molecule has 1 aromatic carbocycles. The molecule has 31 heavy (non-hydrogen) atoms.